The first-order valence-electron chi connectivity index (χ1n) is 5.95. The van der Waals surface area contributed by atoms with Crippen LogP contribution in [0.1, 0.15) is 17.8 Å². The molecule has 1 amide bonds. The number of nitrogens with one attached hydrogen (secondary N) is 1. The molecule has 1 aromatic heterocycles. The summed E-state index contributed by atoms with van der Waals surface area (Å²) < 4.78 is 1.92. The maximum absolute atomic E-state index is 11.9. The molecule has 6 nitrogen and oxygen atoms in total. The summed E-state index contributed by atoms with van der Waals surface area (Å²) in [5.41, 5.74) is 2.14. The predicted octanol–water partition coefficient (Wildman–Crippen LogP) is -0.115. The van der Waals surface area contributed by atoms with Crippen LogP contribution in [0, 0.1) is 0 Å². The molecule has 0 fully saturated rings. The van der Waals surface area contributed by atoms with Crippen LogP contribution in [-0.2, 0) is 29.6 Å². The first-order valence-corrected chi connectivity index (χ1v) is 5.95. The summed E-state index contributed by atoms with van der Waals surface area (Å²) in [6.07, 6.45) is 3.73. The van der Waals surface area contributed by atoms with Gasteiger partial charge in [0.2, 0.25) is 11.9 Å². The molecular weight excluding hydrogens is 232 g/mol. The molecule has 0 unspecified atom stereocenters. The Kier molecular flexibility index (Phi) is 2.52. The highest BCUT2D eigenvalue weighted by Gasteiger charge is 2.26. The van der Waals surface area contributed by atoms with Crippen molar-refractivity contribution in [1.82, 2.24) is 14.9 Å². The van der Waals surface area contributed by atoms with Gasteiger partial charge >= 0.3 is 0 Å². The number of anilines is 1. The van der Waals surface area contributed by atoms with Gasteiger partial charge in [-0.25, -0.2) is 4.98 Å². The molecule has 0 radical (unpaired) electrons. The van der Waals surface area contributed by atoms with E-state index in [1.165, 1.54) is 17.2 Å². The Morgan fingerprint density at radius 2 is 2.22 bits per heavy atom. The summed E-state index contributed by atoms with van der Waals surface area (Å²) in [6.45, 7) is 1.68. The highest BCUT2D eigenvalue weighted by molar-refractivity contribution is 6.12. The van der Waals surface area contributed by atoms with Crippen molar-refractivity contribution in [2.24, 2.45) is 7.05 Å². The molecule has 1 aromatic rings. The second-order valence-corrected chi connectivity index (χ2v) is 4.51. The second-order valence-electron chi connectivity index (χ2n) is 4.51. The van der Waals surface area contributed by atoms with E-state index in [0.717, 1.165) is 30.9 Å². The van der Waals surface area contributed by atoms with E-state index in [-0.39, 0.29) is 18.1 Å². The maximum Gasteiger partial charge on any atom is 0.241 e. The number of hydrogen-bond acceptors (Lipinski definition) is 4. The van der Waals surface area contributed by atoms with Crippen molar-refractivity contribution in [1.29, 1.82) is 0 Å². The minimum Gasteiger partial charge on any atom is -0.315 e. The van der Waals surface area contributed by atoms with Crippen LogP contribution in [-0.4, -0.2) is 27.8 Å². The summed E-state index contributed by atoms with van der Waals surface area (Å²) in [7, 11) is 1.89. The highest BCUT2D eigenvalue weighted by Crippen LogP contribution is 2.23. The molecule has 94 valence electrons. The van der Waals surface area contributed by atoms with Crippen LogP contribution >= 0.6 is 0 Å². The lowest BCUT2D eigenvalue weighted by molar-refractivity contribution is -0.124. The molecule has 3 rings (SSSR count). The molecule has 0 bridgehead atoms. The molecule has 0 saturated carbocycles. The fourth-order valence-corrected chi connectivity index (χ4v) is 2.34. The first kappa shape index (κ1) is 11.2. The number of carbonyl (C=O) groups excluding carboxylic acids is 2. The van der Waals surface area contributed by atoms with E-state index in [9.17, 15) is 9.59 Å². The highest BCUT2D eigenvalue weighted by atomic mass is 16.2. The Bertz CT molecular complexity index is 559. The quantitative estimate of drug-likeness (QED) is 0.702. The van der Waals surface area contributed by atoms with Crippen LogP contribution in [0.5, 0.6) is 0 Å². The molecule has 2 aliphatic rings. The van der Waals surface area contributed by atoms with Crippen molar-refractivity contribution in [3.8, 4) is 0 Å². The molecular formula is C12H14N4O2. The monoisotopic (exact) mass is 246 g/mol. The number of ketones is 1. The van der Waals surface area contributed by atoms with Gasteiger partial charge in [-0.15, -0.1) is 0 Å². The van der Waals surface area contributed by atoms with Crippen LogP contribution in [0.15, 0.2) is 12.3 Å². The van der Waals surface area contributed by atoms with Crippen LogP contribution in [0.2, 0.25) is 0 Å². The van der Waals surface area contributed by atoms with Gasteiger partial charge in [-0.2, -0.15) is 0 Å². The Morgan fingerprint density at radius 3 is 2.94 bits per heavy atom. The van der Waals surface area contributed by atoms with Crippen LogP contribution < -0.4 is 10.2 Å². The summed E-state index contributed by atoms with van der Waals surface area (Å²) in [5.74, 6) is 0.218. The third-order valence-corrected chi connectivity index (χ3v) is 3.32. The molecule has 3 heterocycles. The molecule has 0 atom stereocenters. The number of aromatic nitrogens is 2. The lowest BCUT2D eigenvalue weighted by Gasteiger charge is -2.20. The lowest BCUT2D eigenvalue weighted by atomic mass is 10.2. The van der Waals surface area contributed by atoms with Crippen LogP contribution in [0.4, 0.5) is 5.95 Å². The van der Waals surface area contributed by atoms with Gasteiger partial charge in [0.25, 0.3) is 0 Å². The molecule has 0 spiro atoms. The van der Waals surface area contributed by atoms with Gasteiger partial charge in [0.1, 0.15) is 0 Å². The minimum absolute atomic E-state index is 0.0771. The van der Waals surface area contributed by atoms with E-state index in [2.05, 4.69) is 10.3 Å². The third kappa shape index (κ3) is 1.65. The van der Waals surface area contributed by atoms with Gasteiger partial charge in [-0.3, -0.25) is 14.5 Å². The van der Waals surface area contributed by atoms with Gasteiger partial charge in [-0.1, -0.05) is 0 Å². The van der Waals surface area contributed by atoms with Gasteiger partial charge in [0.15, 0.2) is 5.78 Å². The van der Waals surface area contributed by atoms with E-state index < -0.39 is 0 Å². The molecule has 2 aliphatic heterocycles. The fourth-order valence-electron chi connectivity index (χ4n) is 2.34. The number of fused-ring (bicyclic) bond motifs is 1. The maximum atomic E-state index is 11.9. The standard InChI is InChI=1S/C12H14N4O2/c1-15-10-7-13-4-2-9(10)14-12(15)16-5-3-8(17)6-11(16)18/h3,5,13H,2,4,6-7H2,1H3. The lowest BCUT2D eigenvalue weighted by Crippen LogP contribution is -2.32. The number of allylic oxidation sites excluding steroid dienone is 1. The van der Waals surface area contributed by atoms with Crippen LogP contribution in [0.25, 0.3) is 0 Å². The summed E-state index contributed by atoms with van der Waals surface area (Å²) >= 11 is 0. The van der Waals surface area contributed by atoms with Crippen molar-refractivity contribution in [3.05, 3.63) is 23.7 Å². The summed E-state index contributed by atoms with van der Waals surface area (Å²) in [6, 6.07) is 0. The third-order valence-electron chi connectivity index (χ3n) is 3.32. The minimum atomic E-state index is -0.221. The number of rotatable bonds is 1. The zero-order valence-electron chi connectivity index (χ0n) is 10.1. The topological polar surface area (TPSA) is 67.2 Å². The number of imidazole rings is 1. The zero-order valence-corrected chi connectivity index (χ0v) is 10.1. The SMILES string of the molecule is Cn1c(N2C=CC(=O)CC2=O)nc2c1CNCC2. The summed E-state index contributed by atoms with van der Waals surface area (Å²) in [5, 5.41) is 3.28. The number of amides is 1. The first-order chi connectivity index (χ1) is 8.66. The largest absolute Gasteiger partial charge is 0.315 e. The smallest absolute Gasteiger partial charge is 0.241 e. The molecule has 18 heavy (non-hydrogen) atoms. The normalized spacial score (nSPS) is 19.3. The number of hydrogen-bond donors (Lipinski definition) is 1. The Balaban J connectivity index is 2.02. The Hall–Kier alpha value is -1.95. The number of nitrogens with zero attached hydrogens (tertiary/aromatic N) is 3. The van der Waals surface area contributed by atoms with E-state index >= 15 is 0 Å². The Morgan fingerprint density at radius 1 is 1.39 bits per heavy atom. The zero-order chi connectivity index (χ0) is 12.7. The van der Waals surface area contributed by atoms with Crippen molar-refractivity contribution in [2.45, 2.75) is 19.4 Å². The second kappa shape index (κ2) is 4.06. The van der Waals surface area contributed by atoms with Gasteiger partial charge in [-0.05, 0) is 6.08 Å². The van der Waals surface area contributed by atoms with Gasteiger partial charge in [0, 0.05) is 32.8 Å². The van der Waals surface area contributed by atoms with E-state index in [1.54, 1.807) is 0 Å². The molecule has 1 N–H and O–H groups in total. The fraction of sp³-hybridized carbons (Fsp3) is 0.417. The van der Waals surface area contributed by atoms with Crippen molar-refractivity contribution in [2.75, 3.05) is 11.4 Å². The van der Waals surface area contributed by atoms with Crippen molar-refractivity contribution in [3.63, 3.8) is 0 Å². The molecule has 0 aliphatic carbocycles. The molecule has 6 heteroatoms. The van der Waals surface area contributed by atoms with Crippen LogP contribution in [0.3, 0.4) is 0 Å². The van der Waals surface area contributed by atoms with Crippen molar-refractivity contribution < 1.29 is 9.59 Å². The molecule has 0 aromatic carbocycles. The van der Waals surface area contributed by atoms with E-state index in [0.29, 0.717) is 5.95 Å². The number of carbonyl (C=O) groups is 2. The average Bonchev–Trinajstić information content (AvgIpc) is 2.68. The molecule has 0 saturated heterocycles. The van der Waals surface area contributed by atoms with Crippen molar-refractivity contribution >= 4 is 17.6 Å². The predicted molar refractivity (Wildman–Crippen MR) is 64.9 cm³/mol. The van der Waals surface area contributed by atoms with E-state index in [1.807, 2.05) is 11.6 Å². The Labute approximate surface area is 104 Å². The van der Waals surface area contributed by atoms with E-state index in [4.69, 9.17) is 0 Å². The van der Waals surface area contributed by atoms with Gasteiger partial charge < -0.3 is 9.88 Å². The van der Waals surface area contributed by atoms with Gasteiger partial charge in [0.05, 0.1) is 17.8 Å². The summed E-state index contributed by atoms with van der Waals surface area (Å²) in [4.78, 5) is 29.0. The average molecular weight is 246 g/mol.